The van der Waals surface area contributed by atoms with Crippen molar-refractivity contribution in [2.75, 3.05) is 26.3 Å². The molecule has 0 bridgehead atoms. The molecule has 1 aromatic rings. The molecule has 0 unspecified atom stereocenters. The smallest absolute Gasteiger partial charge is 0.485 e. The molecule has 0 atom stereocenters. The molecular weight excluding hydrogens is 415 g/mol. The van der Waals surface area contributed by atoms with Crippen LogP contribution in [0, 0.1) is 5.39 Å². The highest BCUT2D eigenvalue weighted by Gasteiger charge is 2.36. The number of hydrogen-bond donors (Lipinski definition) is 1. The lowest BCUT2D eigenvalue weighted by Crippen LogP contribution is -2.21. The first kappa shape index (κ1) is 26.9. The van der Waals surface area contributed by atoms with E-state index in [0.717, 1.165) is 0 Å². The molecule has 12 heteroatoms. The molecule has 0 radical (unpaired) electrons. The quantitative estimate of drug-likeness (QED) is 0.423. The van der Waals surface area contributed by atoms with Crippen LogP contribution in [0.3, 0.4) is 0 Å². The fourth-order valence-corrected chi connectivity index (χ4v) is 2.09. The molecule has 166 valence electrons. The predicted molar refractivity (Wildman–Crippen MR) is 101 cm³/mol. The molecule has 0 aromatic heterocycles. The van der Waals surface area contributed by atoms with Gasteiger partial charge in [-0.25, -0.2) is 8.42 Å². The molecule has 0 aliphatic carbocycles. The Morgan fingerprint density at radius 2 is 1.62 bits per heavy atom. The Labute approximate surface area is 168 Å². The largest absolute Gasteiger partial charge is 0.741 e. The molecule has 0 spiro atoms. The van der Waals surface area contributed by atoms with Gasteiger partial charge in [-0.15, -0.1) is 0 Å². The minimum Gasteiger partial charge on any atom is -0.741 e. The number of halogens is 3. The highest BCUT2D eigenvalue weighted by molar-refractivity contribution is 7.86. The Bertz CT molecular complexity index is 717. The highest BCUT2D eigenvalue weighted by atomic mass is 32.2. The van der Waals surface area contributed by atoms with E-state index in [-0.39, 0.29) is 0 Å². The van der Waals surface area contributed by atoms with Gasteiger partial charge in [-0.1, -0.05) is 12.8 Å². The van der Waals surface area contributed by atoms with Crippen molar-refractivity contribution in [3.05, 3.63) is 23.2 Å². The van der Waals surface area contributed by atoms with Gasteiger partial charge in [0.25, 0.3) is 0 Å². The van der Waals surface area contributed by atoms with Crippen LogP contribution in [-0.4, -0.2) is 44.8 Å². The maximum Gasteiger partial charge on any atom is 0.485 e. The van der Waals surface area contributed by atoms with E-state index >= 15 is 0 Å². The van der Waals surface area contributed by atoms with Crippen molar-refractivity contribution in [2.45, 2.75) is 45.0 Å². The van der Waals surface area contributed by atoms with E-state index < -0.39 is 15.6 Å². The summed E-state index contributed by atoms with van der Waals surface area (Å²) in [5, 5.41) is 12.1. The van der Waals surface area contributed by atoms with E-state index in [1.807, 2.05) is 13.8 Å². The van der Waals surface area contributed by atoms with Crippen LogP contribution < -0.4 is 14.8 Å². The molecule has 1 aromatic carbocycles. The monoisotopic (exact) mass is 441 g/mol. The fourth-order valence-electron chi connectivity index (χ4n) is 2.09. The number of diazo groups is 1. The van der Waals surface area contributed by atoms with Crippen LogP contribution in [0.5, 0.6) is 11.5 Å². The standard InChI is InChI=1S/C10H13N2O2.C6H13N.CHF3O3S/c1-3-13-8-5-6-10(14-4-2)9(7-8)12-11;1-2-4-6-7-5-3-1;2-1(3,4)8(5,6)7/h5-7H,3-4H2,1-2H3;7H,1-6H2;(H,5,6,7)/q+1;;/p-1. The molecule has 1 N–H and O–H groups in total. The zero-order valence-corrected chi connectivity index (χ0v) is 17.2. The van der Waals surface area contributed by atoms with E-state index in [1.165, 1.54) is 38.8 Å². The summed E-state index contributed by atoms with van der Waals surface area (Å²) in [6, 6.07) is 5.14. The third-order valence-corrected chi connectivity index (χ3v) is 3.96. The SMILES string of the molecule is C1CCCNCC1.CCOc1ccc(OCC)c([N+]#N)c1.O=S(=O)([O-])C(F)(F)F. The van der Waals surface area contributed by atoms with E-state index in [0.29, 0.717) is 30.4 Å². The van der Waals surface area contributed by atoms with E-state index in [2.05, 4.69) is 10.3 Å². The van der Waals surface area contributed by atoms with E-state index in [1.54, 1.807) is 18.2 Å². The van der Waals surface area contributed by atoms with Crippen LogP contribution in [0.4, 0.5) is 18.9 Å². The summed E-state index contributed by atoms with van der Waals surface area (Å²) >= 11 is 0. The molecular formula is C17H26F3N3O5S. The second-order valence-electron chi connectivity index (χ2n) is 5.66. The number of alkyl halides is 3. The molecule has 29 heavy (non-hydrogen) atoms. The van der Waals surface area contributed by atoms with Gasteiger partial charge in [-0.3, -0.25) is 0 Å². The minimum absolute atomic E-state index is 0.387. The van der Waals surface area contributed by atoms with Crippen molar-refractivity contribution in [3.63, 3.8) is 0 Å². The number of ether oxygens (including phenoxy) is 2. The summed E-state index contributed by atoms with van der Waals surface area (Å²) in [5.41, 5.74) is -5.26. The molecule has 1 aliphatic heterocycles. The molecule has 1 saturated heterocycles. The van der Waals surface area contributed by atoms with Crippen molar-refractivity contribution >= 4 is 15.8 Å². The van der Waals surface area contributed by atoms with Gasteiger partial charge in [0.1, 0.15) is 5.75 Å². The third-order valence-electron chi connectivity index (χ3n) is 3.39. The third kappa shape index (κ3) is 12.1. The van der Waals surface area contributed by atoms with Gasteiger partial charge in [0.05, 0.1) is 19.3 Å². The van der Waals surface area contributed by atoms with E-state index in [9.17, 15) is 13.2 Å². The van der Waals surface area contributed by atoms with Gasteiger partial charge in [0.15, 0.2) is 15.1 Å². The number of nitrogens with zero attached hydrogens (tertiary/aromatic N) is 2. The van der Waals surface area contributed by atoms with Crippen molar-refractivity contribution < 1.29 is 35.6 Å². The maximum absolute atomic E-state index is 10.7. The minimum atomic E-state index is -6.09. The Balaban J connectivity index is 0.000000444. The molecule has 1 aliphatic rings. The zero-order chi connectivity index (χ0) is 22.3. The number of hydrogen-bond acceptors (Lipinski definition) is 7. The molecule has 1 heterocycles. The lowest BCUT2D eigenvalue weighted by Gasteiger charge is -2.08. The molecule has 2 rings (SSSR count). The van der Waals surface area contributed by atoms with Gasteiger partial charge in [-0.05, 0) is 51.9 Å². The first-order valence-corrected chi connectivity index (χ1v) is 10.4. The first-order valence-electron chi connectivity index (χ1n) is 9.04. The zero-order valence-electron chi connectivity index (χ0n) is 16.4. The summed E-state index contributed by atoms with van der Waals surface area (Å²) < 4.78 is 69.4. The lowest BCUT2D eigenvalue weighted by atomic mass is 10.2. The summed E-state index contributed by atoms with van der Waals surface area (Å²) in [5.74, 6) is 1.22. The molecule has 0 saturated carbocycles. The summed E-state index contributed by atoms with van der Waals surface area (Å²) in [4.78, 5) is 3.13. The second kappa shape index (κ2) is 14.0. The van der Waals surface area contributed by atoms with Gasteiger partial charge >= 0.3 is 11.2 Å². The van der Waals surface area contributed by atoms with Crippen molar-refractivity contribution in [2.24, 2.45) is 0 Å². The Kier molecular flexibility index (Phi) is 13.0. The van der Waals surface area contributed by atoms with Crippen LogP contribution >= 0.6 is 0 Å². The molecule has 1 fully saturated rings. The summed E-state index contributed by atoms with van der Waals surface area (Å²) in [6.07, 6.45) is 5.65. The van der Waals surface area contributed by atoms with Crippen LogP contribution in [0.2, 0.25) is 0 Å². The van der Waals surface area contributed by atoms with Crippen molar-refractivity contribution in [1.29, 1.82) is 5.39 Å². The van der Waals surface area contributed by atoms with E-state index in [4.69, 9.17) is 27.8 Å². The number of rotatable bonds is 4. The van der Waals surface area contributed by atoms with Crippen molar-refractivity contribution in [1.82, 2.24) is 5.32 Å². The molecule has 0 amide bonds. The molecule has 8 nitrogen and oxygen atoms in total. The maximum atomic E-state index is 10.7. The highest BCUT2D eigenvalue weighted by Crippen LogP contribution is 2.31. The van der Waals surface area contributed by atoms with Gasteiger partial charge in [-0.2, -0.15) is 13.2 Å². The summed E-state index contributed by atoms with van der Waals surface area (Å²) in [6.45, 7) is 7.39. The average Bonchev–Trinajstić information content (AvgIpc) is 2.96. The van der Waals surface area contributed by atoms with Gasteiger partial charge in [0, 0.05) is 0 Å². The fraction of sp³-hybridized carbons (Fsp3) is 0.647. The average molecular weight is 441 g/mol. The lowest BCUT2D eigenvalue weighted by molar-refractivity contribution is -0.0517. The number of nitrogens with one attached hydrogen (secondary N) is 1. The Morgan fingerprint density at radius 3 is 2.03 bits per heavy atom. The first-order chi connectivity index (χ1) is 13.6. The van der Waals surface area contributed by atoms with Crippen LogP contribution in [0.15, 0.2) is 18.2 Å². The van der Waals surface area contributed by atoms with Crippen molar-refractivity contribution in [3.8, 4) is 11.5 Å². The van der Waals surface area contributed by atoms with Gasteiger partial charge < -0.3 is 19.3 Å². The van der Waals surface area contributed by atoms with Crippen LogP contribution in [0.1, 0.15) is 39.5 Å². The van der Waals surface area contributed by atoms with Crippen LogP contribution in [0.25, 0.3) is 4.98 Å². The number of benzene rings is 1. The topological polar surface area (TPSA) is 116 Å². The van der Waals surface area contributed by atoms with Crippen LogP contribution in [-0.2, 0) is 10.1 Å². The Hall–Kier alpha value is -2.10. The van der Waals surface area contributed by atoms with Gasteiger partial charge in [0.2, 0.25) is 11.1 Å². The Morgan fingerprint density at radius 1 is 1.10 bits per heavy atom. The predicted octanol–water partition coefficient (Wildman–Crippen LogP) is 4.17. The normalized spacial score (nSPS) is 14.1. The summed E-state index contributed by atoms with van der Waals surface area (Å²) in [7, 11) is -6.09. The second-order valence-corrected chi connectivity index (χ2v) is 7.03.